The summed E-state index contributed by atoms with van der Waals surface area (Å²) in [6.07, 6.45) is 3.17. The number of hydrogen-bond acceptors (Lipinski definition) is 2. The molecule has 0 bridgehead atoms. The van der Waals surface area contributed by atoms with Crippen molar-refractivity contribution in [3.8, 4) is 0 Å². The Morgan fingerprint density at radius 2 is 2.19 bits per heavy atom. The zero-order valence-corrected chi connectivity index (χ0v) is 11.0. The third-order valence-electron chi connectivity index (χ3n) is 2.43. The van der Waals surface area contributed by atoms with E-state index in [1.54, 1.807) is 12.1 Å². The van der Waals surface area contributed by atoms with Gasteiger partial charge in [0.15, 0.2) is 0 Å². The molecule has 0 saturated carbocycles. The quantitative estimate of drug-likeness (QED) is 0.900. The first-order valence-corrected chi connectivity index (χ1v) is 6.31. The van der Waals surface area contributed by atoms with Gasteiger partial charge >= 0.3 is 0 Å². The third-order valence-corrected chi connectivity index (χ3v) is 3.11. The van der Waals surface area contributed by atoms with Crippen molar-refractivity contribution in [1.82, 2.24) is 0 Å². The number of aliphatic hydroxyl groups excluding tert-OH is 1. The lowest BCUT2D eigenvalue weighted by atomic mass is 10.1. The number of aliphatic hydroxyl groups is 1. The van der Waals surface area contributed by atoms with E-state index in [9.17, 15) is 5.11 Å². The van der Waals surface area contributed by atoms with Crippen molar-refractivity contribution in [2.75, 3.05) is 6.61 Å². The summed E-state index contributed by atoms with van der Waals surface area (Å²) in [5.41, 5.74) is 0.743. The van der Waals surface area contributed by atoms with Crippen LogP contribution in [0.5, 0.6) is 0 Å². The maximum Gasteiger partial charge on any atom is 0.136 e. The van der Waals surface area contributed by atoms with E-state index in [-0.39, 0.29) is 0 Å². The molecule has 1 heterocycles. The molecular formula is C12H12BrClO2. The van der Waals surface area contributed by atoms with Crippen LogP contribution in [0.15, 0.2) is 34.5 Å². The number of benzene rings is 1. The summed E-state index contributed by atoms with van der Waals surface area (Å²) >= 11 is 9.28. The molecule has 86 valence electrons. The van der Waals surface area contributed by atoms with Gasteiger partial charge in [-0.25, -0.2) is 0 Å². The van der Waals surface area contributed by atoms with Gasteiger partial charge < -0.3 is 9.84 Å². The van der Waals surface area contributed by atoms with Crippen LogP contribution >= 0.6 is 27.5 Å². The van der Waals surface area contributed by atoms with Crippen LogP contribution in [0.4, 0.5) is 0 Å². The lowest BCUT2D eigenvalue weighted by Gasteiger charge is -2.20. The molecule has 1 aromatic rings. The van der Waals surface area contributed by atoms with Gasteiger partial charge in [0, 0.05) is 9.50 Å². The van der Waals surface area contributed by atoms with Crippen molar-refractivity contribution in [3.63, 3.8) is 0 Å². The topological polar surface area (TPSA) is 29.5 Å². The van der Waals surface area contributed by atoms with E-state index in [2.05, 4.69) is 15.9 Å². The van der Waals surface area contributed by atoms with Gasteiger partial charge in [0.1, 0.15) is 11.9 Å². The largest absolute Gasteiger partial charge is 0.495 e. The molecule has 2 rings (SSSR count). The van der Waals surface area contributed by atoms with Crippen LogP contribution in [0, 0.1) is 0 Å². The molecule has 0 radical (unpaired) electrons. The van der Waals surface area contributed by atoms with Gasteiger partial charge in [0.05, 0.1) is 6.61 Å². The Bertz CT molecular complexity index is 397. The van der Waals surface area contributed by atoms with Gasteiger partial charge in [-0.15, -0.1) is 0 Å². The van der Waals surface area contributed by atoms with Crippen LogP contribution in [-0.4, -0.2) is 11.7 Å². The zero-order chi connectivity index (χ0) is 11.5. The maximum atomic E-state index is 10.1. The fraction of sp³-hybridized carbons (Fsp3) is 0.333. The summed E-state index contributed by atoms with van der Waals surface area (Å²) in [7, 11) is 0. The number of ether oxygens (including phenoxy) is 1. The van der Waals surface area contributed by atoms with E-state index in [0.717, 1.165) is 22.9 Å². The molecule has 1 aromatic carbocycles. The van der Waals surface area contributed by atoms with Crippen LogP contribution in [-0.2, 0) is 4.74 Å². The number of halogens is 2. The zero-order valence-electron chi connectivity index (χ0n) is 8.62. The summed E-state index contributed by atoms with van der Waals surface area (Å²) in [6, 6.07) is 5.37. The molecule has 0 saturated heterocycles. The average molecular weight is 304 g/mol. The molecule has 2 nitrogen and oxygen atoms in total. The van der Waals surface area contributed by atoms with Crippen LogP contribution in [0.1, 0.15) is 24.5 Å². The minimum Gasteiger partial charge on any atom is -0.495 e. The average Bonchev–Trinajstić information content (AvgIpc) is 2.28. The lowest BCUT2D eigenvalue weighted by Crippen LogP contribution is -2.09. The van der Waals surface area contributed by atoms with Crippen LogP contribution < -0.4 is 0 Å². The predicted molar refractivity (Wildman–Crippen MR) is 67.4 cm³/mol. The Hall–Kier alpha value is -0.510. The monoisotopic (exact) mass is 302 g/mol. The van der Waals surface area contributed by atoms with Crippen LogP contribution in [0.2, 0.25) is 5.02 Å². The molecule has 0 fully saturated rings. The smallest absolute Gasteiger partial charge is 0.136 e. The third kappa shape index (κ3) is 2.78. The van der Waals surface area contributed by atoms with Crippen LogP contribution in [0.3, 0.4) is 0 Å². The SMILES string of the molecule is OC(C1=CCCCO1)c1cc(Cl)cc(Br)c1. The van der Waals surface area contributed by atoms with Gasteiger partial charge in [0.2, 0.25) is 0 Å². The fourth-order valence-corrected chi connectivity index (χ4v) is 2.55. The summed E-state index contributed by atoms with van der Waals surface area (Å²) in [4.78, 5) is 0. The van der Waals surface area contributed by atoms with E-state index in [1.165, 1.54) is 0 Å². The molecule has 1 unspecified atom stereocenters. The second kappa shape index (κ2) is 5.21. The van der Waals surface area contributed by atoms with Crippen molar-refractivity contribution >= 4 is 27.5 Å². The van der Waals surface area contributed by atoms with Crippen molar-refractivity contribution < 1.29 is 9.84 Å². The van der Waals surface area contributed by atoms with Crippen molar-refractivity contribution in [2.45, 2.75) is 18.9 Å². The maximum absolute atomic E-state index is 10.1. The molecule has 4 heteroatoms. The van der Waals surface area contributed by atoms with Gasteiger partial charge in [-0.2, -0.15) is 0 Å². The molecule has 1 atom stereocenters. The van der Waals surface area contributed by atoms with E-state index in [1.807, 2.05) is 12.1 Å². The van der Waals surface area contributed by atoms with Crippen molar-refractivity contribution in [2.24, 2.45) is 0 Å². The highest BCUT2D eigenvalue weighted by atomic mass is 79.9. The molecule has 1 aliphatic heterocycles. The first kappa shape index (κ1) is 12.0. The highest BCUT2D eigenvalue weighted by Crippen LogP contribution is 2.29. The highest BCUT2D eigenvalue weighted by molar-refractivity contribution is 9.10. The second-order valence-electron chi connectivity index (χ2n) is 3.70. The Morgan fingerprint density at radius 1 is 1.38 bits per heavy atom. The van der Waals surface area contributed by atoms with Gasteiger partial charge in [-0.1, -0.05) is 27.5 Å². The predicted octanol–water partition coefficient (Wildman–Crippen LogP) is 3.83. The standard InChI is InChI=1S/C12H12BrClO2/c13-9-5-8(6-10(14)7-9)12(15)11-3-1-2-4-16-11/h3,5-7,12,15H,1-2,4H2. The lowest BCUT2D eigenvalue weighted by molar-refractivity contribution is 0.0918. The van der Waals surface area contributed by atoms with Gasteiger partial charge in [-0.05, 0) is 42.7 Å². The summed E-state index contributed by atoms with van der Waals surface area (Å²) < 4.78 is 6.28. The minimum atomic E-state index is -0.727. The summed E-state index contributed by atoms with van der Waals surface area (Å²) in [5.74, 6) is 0.625. The van der Waals surface area contributed by atoms with Crippen LogP contribution in [0.25, 0.3) is 0 Å². The normalized spacial score (nSPS) is 17.6. The molecule has 0 spiro atoms. The Labute approximate surface area is 108 Å². The Balaban J connectivity index is 2.25. The van der Waals surface area contributed by atoms with Gasteiger partial charge in [-0.3, -0.25) is 0 Å². The fourth-order valence-electron chi connectivity index (χ4n) is 1.66. The van der Waals surface area contributed by atoms with E-state index >= 15 is 0 Å². The molecule has 0 aromatic heterocycles. The Morgan fingerprint density at radius 3 is 2.81 bits per heavy atom. The van der Waals surface area contributed by atoms with E-state index < -0.39 is 6.10 Å². The summed E-state index contributed by atoms with van der Waals surface area (Å²) in [5, 5.41) is 10.7. The highest BCUT2D eigenvalue weighted by Gasteiger charge is 2.17. The van der Waals surface area contributed by atoms with Crippen molar-refractivity contribution in [1.29, 1.82) is 0 Å². The molecule has 1 aliphatic rings. The first-order valence-electron chi connectivity index (χ1n) is 5.14. The molecule has 1 N–H and O–H groups in total. The number of hydrogen-bond donors (Lipinski definition) is 1. The molecule has 0 aliphatic carbocycles. The van der Waals surface area contributed by atoms with E-state index in [4.69, 9.17) is 16.3 Å². The number of allylic oxidation sites excluding steroid dienone is 1. The molecule has 0 amide bonds. The molecular weight excluding hydrogens is 291 g/mol. The first-order chi connectivity index (χ1) is 7.66. The minimum absolute atomic E-state index is 0.597. The molecule has 16 heavy (non-hydrogen) atoms. The Kier molecular flexibility index (Phi) is 3.90. The van der Waals surface area contributed by atoms with Gasteiger partial charge in [0.25, 0.3) is 0 Å². The number of rotatable bonds is 2. The second-order valence-corrected chi connectivity index (χ2v) is 5.05. The van der Waals surface area contributed by atoms with Crippen molar-refractivity contribution in [3.05, 3.63) is 45.1 Å². The van der Waals surface area contributed by atoms with E-state index in [0.29, 0.717) is 17.4 Å². The summed E-state index contributed by atoms with van der Waals surface area (Å²) in [6.45, 7) is 0.671.